The van der Waals surface area contributed by atoms with E-state index in [0.29, 0.717) is 13.2 Å². The number of ether oxygens (including phenoxy) is 1. The highest BCUT2D eigenvalue weighted by atomic mass is 17.2. The van der Waals surface area contributed by atoms with E-state index in [1.807, 2.05) is 13.8 Å². The zero-order chi connectivity index (χ0) is 15.5. The van der Waals surface area contributed by atoms with Crippen LogP contribution in [0.5, 0.6) is 0 Å². The van der Waals surface area contributed by atoms with Crippen LogP contribution in [0.3, 0.4) is 0 Å². The highest BCUT2D eigenvalue weighted by Crippen LogP contribution is 2.12. The molecule has 0 heterocycles. The molecule has 0 amide bonds. The second-order valence-corrected chi connectivity index (χ2v) is 4.58. The molecule has 5 heteroatoms. The van der Waals surface area contributed by atoms with Crippen LogP contribution in [-0.4, -0.2) is 25.2 Å². The van der Waals surface area contributed by atoms with Gasteiger partial charge in [0.15, 0.2) is 0 Å². The molecule has 0 radical (unpaired) electrons. The Labute approximate surface area is 125 Å². The smallest absolute Gasteiger partial charge is 0.373 e. The van der Waals surface area contributed by atoms with Gasteiger partial charge in [0.05, 0.1) is 24.3 Å². The monoisotopic (exact) mass is 294 g/mol. The Morgan fingerprint density at radius 1 is 0.905 bits per heavy atom. The lowest BCUT2D eigenvalue weighted by molar-refractivity contribution is -0.241. The molecule has 0 saturated heterocycles. The summed E-state index contributed by atoms with van der Waals surface area (Å²) in [5.74, 6) is -1.21. The molecule has 1 rings (SSSR count). The predicted octanol–water partition coefficient (Wildman–Crippen LogP) is 3.53. The van der Waals surface area contributed by atoms with Gasteiger partial charge in [0, 0.05) is 0 Å². The minimum absolute atomic E-state index is 0.149. The van der Waals surface area contributed by atoms with E-state index in [4.69, 9.17) is 14.5 Å². The van der Waals surface area contributed by atoms with Crippen LogP contribution >= 0.6 is 0 Å². The van der Waals surface area contributed by atoms with Gasteiger partial charge in [0.1, 0.15) is 0 Å². The summed E-state index contributed by atoms with van der Waals surface area (Å²) in [6, 6.07) is 6.38. The maximum atomic E-state index is 12.0. The van der Waals surface area contributed by atoms with Crippen molar-refractivity contribution in [1.29, 1.82) is 0 Å². The van der Waals surface area contributed by atoms with Gasteiger partial charge >= 0.3 is 11.9 Å². The minimum atomic E-state index is -0.686. The van der Waals surface area contributed by atoms with Crippen molar-refractivity contribution in [1.82, 2.24) is 0 Å². The number of carbonyl (C=O) groups is 2. The molecule has 0 aliphatic rings. The lowest BCUT2D eigenvalue weighted by Gasteiger charge is -2.08. The lowest BCUT2D eigenvalue weighted by atomic mass is 10.1. The molecule has 0 aliphatic heterocycles. The van der Waals surface area contributed by atoms with Gasteiger partial charge in [-0.1, -0.05) is 38.8 Å². The molecule has 0 N–H and O–H groups in total. The van der Waals surface area contributed by atoms with E-state index in [2.05, 4.69) is 0 Å². The fourth-order valence-electron chi connectivity index (χ4n) is 1.57. The Morgan fingerprint density at radius 3 is 2.10 bits per heavy atom. The molecule has 5 nitrogen and oxygen atoms in total. The van der Waals surface area contributed by atoms with Crippen molar-refractivity contribution >= 4 is 11.9 Å². The first-order valence-corrected chi connectivity index (χ1v) is 7.30. The average molecular weight is 294 g/mol. The summed E-state index contributed by atoms with van der Waals surface area (Å²) >= 11 is 0. The number of esters is 1. The van der Waals surface area contributed by atoms with E-state index < -0.39 is 11.9 Å². The van der Waals surface area contributed by atoms with E-state index >= 15 is 0 Å². The molecular formula is C16H22O5. The first kappa shape index (κ1) is 17.2. The van der Waals surface area contributed by atoms with Crippen molar-refractivity contribution in [3.8, 4) is 0 Å². The van der Waals surface area contributed by atoms with E-state index in [1.165, 1.54) is 12.1 Å². The zero-order valence-electron chi connectivity index (χ0n) is 12.6. The van der Waals surface area contributed by atoms with Crippen LogP contribution in [0.25, 0.3) is 0 Å². The van der Waals surface area contributed by atoms with Crippen LogP contribution in [0, 0.1) is 0 Å². The van der Waals surface area contributed by atoms with Crippen LogP contribution in [0.1, 0.15) is 60.2 Å². The highest BCUT2D eigenvalue weighted by molar-refractivity contribution is 6.02. The first-order valence-electron chi connectivity index (χ1n) is 7.30. The molecule has 1 aromatic rings. The summed E-state index contributed by atoms with van der Waals surface area (Å²) in [7, 11) is 0. The van der Waals surface area contributed by atoms with Gasteiger partial charge in [-0.2, -0.15) is 4.89 Å². The fraction of sp³-hybridized carbons (Fsp3) is 0.500. The van der Waals surface area contributed by atoms with Crippen molar-refractivity contribution in [3.05, 3.63) is 35.4 Å². The van der Waals surface area contributed by atoms with E-state index in [1.54, 1.807) is 12.1 Å². The third-order valence-electron chi connectivity index (χ3n) is 2.81. The lowest BCUT2D eigenvalue weighted by Crippen LogP contribution is -2.15. The molecule has 0 aromatic heterocycles. The second-order valence-electron chi connectivity index (χ2n) is 4.58. The number of carbonyl (C=O) groups excluding carboxylic acids is 2. The van der Waals surface area contributed by atoms with Gasteiger partial charge in [-0.25, -0.2) is 9.59 Å². The molecule has 0 spiro atoms. The highest BCUT2D eigenvalue weighted by Gasteiger charge is 2.19. The first-order chi connectivity index (χ1) is 10.2. The molecule has 0 bridgehead atoms. The van der Waals surface area contributed by atoms with Crippen molar-refractivity contribution in [3.63, 3.8) is 0 Å². The Hall–Kier alpha value is -1.88. The number of rotatable bonds is 9. The molecular weight excluding hydrogens is 272 g/mol. The average Bonchev–Trinajstić information content (AvgIpc) is 2.51. The molecule has 21 heavy (non-hydrogen) atoms. The Kier molecular flexibility index (Phi) is 8.12. The van der Waals surface area contributed by atoms with Crippen molar-refractivity contribution in [2.75, 3.05) is 13.2 Å². The maximum absolute atomic E-state index is 12.0. The normalized spacial score (nSPS) is 10.2. The van der Waals surface area contributed by atoms with Gasteiger partial charge in [0.2, 0.25) is 0 Å². The molecule has 0 unspecified atom stereocenters. The topological polar surface area (TPSA) is 61.8 Å². The molecule has 0 aliphatic carbocycles. The Bertz CT molecular complexity index is 456. The van der Waals surface area contributed by atoms with Crippen LogP contribution in [-0.2, 0) is 14.5 Å². The summed E-state index contributed by atoms with van der Waals surface area (Å²) in [6.45, 7) is 4.69. The van der Waals surface area contributed by atoms with Crippen molar-refractivity contribution in [2.45, 2.75) is 39.5 Å². The van der Waals surface area contributed by atoms with E-state index in [-0.39, 0.29) is 11.1 Å². The summed E-state index contributed by atoms with van der Waals surface area (Å²) < 4.78 is 5.11. The van der Waals surface area contributed by atoms with Gasteiger partial charge in [-0.15, -0.1) is 0 Å². The Balaban J connectivity index is 2.65. The number of hydrogen-bond donors (Lipinski definition) is 0. The molecule has 0 atom stereocenters. The van der Waals surface area contributed by atoms with Crippen molar-refractivity contribution in [2.24, 2.45) is 0 Å². The van der Waals surface area contributed by atoms with E-state index in [9.17, 15) is 9.59 Å². The minimum Gasteiger partial charge on any atom is -0.462 e. The van der Waals surface area contributed by atoms with Gasteiger partial charge in [0.25, 0.3) is 0 Å². The fourth-order valence-corrected chi connectivity index (χ4v) is 1.57. The van der Waals surface area contributed by atoms with Crippen molar-refractivity contribution < 1.29 is 24.1 Å². The van der Waals surface area contributed by atoms with E-state index in [0.717, 1.165) is 25.7 Å². The second kappa shape index (κ2) is 9.94. The number of unbranched alkanes of at least 4 members (excludes halogenated alkanes) is 2. The Morgan fingerprint density at radius 2 is 1.48 bits per heavy atom. The van der Waals surface area contributed by atoms with Gasteiger partial charge in [-0.3, -0.25) is 4.89 Å². The standard InChI is InChI=1S/C16H22O5/c1-3-5-11-19-15(17)13-9-7-8-10-14(13)16(18)21-20-12-6-4-2/h7-10H,3-6,11-12H2,1-2H3. The molecule has 1 aromatic carbocycles. The maximum Gasteiger partial charge on any atom is 0.373 e. The summed E-state index contributed by atoms with van der Waals surface area (Å²) in [5.41, 5.74) is 0.341. The molecule has 0 fully saturated rings. The van der Waals surface area contributed by atoms with Crippen LogP contribution in [0.2, 0.25) is 0 Å². The summed E-state index contributed by atoms with van der Waals surface area (Å²) in [6.07, 6.45) is 3.46. The SMILES string of the molecule is CCCCOOC(=O)c1ccccc1C(=O)OCCCC. The third kappa shape index (κ3) is 5.95. The summed E-state index contributed by atoms with van der Waals surface area (Å²) in [4.78, 5) is 33.4. The van der Waals surface area contributed by atoms with Crippen LogP contribution in [0.4, 0.5) is 0 Å². The zero-order valence-corrected chi connectivity index (χ0v) is 12.6. The van der Waals surface area contributed by atoms with Crippen LogP contribution < -0.4 is 0 Å². The third-order valence-corrected chi connectivity index (χ3v) is 2.81. The largest absolute Gasteiger partial charge is 0.462 e. The van der Waals surface area contributed by atoms with Gasteiger partial charge < -0.3 is 4.74 Å². The number of hydrogen-bond acceptors (Lipinski definition) is 5. The van der Waals surface area contributed by atoms with Crippen LogP contribution in [0.15, 0.2) is 24.3 Å². The molecule has 0 saturated carbocycles. The van der Waals surface area contributed by atoms with Gasteiger partial charge in [-0.05, 0) is 25.0 Å². The quantitative estimate of drug-likeness (QED) is 0.302. The number of benzene rings is 1. The predicted molar refractivity (Wildman–Crippen MR) is 77.9 cm³/mol. The summed E-state index contributed by atoms with van der Waals surface area (Å²) in [5, 5.41) is 0. The molecule has 116 valence electrons.